The third-order valence-electron chi connectivity index (χ3n) is 2.48. The van der Waals surface area contributed by atoms with Crippen LogP contribution in [0.4, 0.5) is 5.69 Å². The summed E-state index contributed by atoms with van der Waals surface area (Å²) in [6.07, 6.45) is 2.05. The van der Waals surface area contributed by atoms with E-state index in [2.05, 4.69) is 4.98 Å². The highest BCUT2D eigenvalue weighted by atomic mass is 16.6. The van der Waals surface area contributed by atoms with Crippen LogP contribution in [0.3, 0.4) is 0 Å². The van der Waals surface area contributed by atoms with Gasteiger partial charge in [-0.2, -0.15) is 0 Å². The molecule has 0 aliphatic rings. The average Bonchev–Trinajstić information content (AvgIpc) is 2.69. The number of nitro benzene ring substituents is 1. The summed E-state index contributed by atoms with van der Waals surface area (Å²) in [4.78, 5) is 24.1. The molecular weight excluding hydrogens is 236 g/mol. The third-order valence-corrected chi connectivity index (χ3v) is 2.48. The number of hydrogen-bond donors (Lipinski definition) is 1. The van der Waals surface area contributed by atoms with Crippen LogP contribution in [0.2, 0.25) is 0 Å². The molecule has 2 aromatic rings. The van der Waals surface area contributed by atoms with E-state index < -0.39 is 4.92 Å². The first-order valence-electron chi connectivity index (χ1n) is 5.44. The monoisotopic (exact) mass is 248 g/mol. The molecule has 18 heavy (non-hydrogen) atoms. The molecule has 0 fully saturated rings. The number of nitrogens with zero attached hydrogens (tertiary/aromatic N) is 1. The van der Waals surface area contributed by atoms with Crippen LogP contribution in [-0.2, 0) is 0 Å². The number of aromatic amines is 1. The Morgan fingerprint density at radius 2 is 2.17 bits per heavy atom. The molecule has 0 aliphatic carbocycles. The van der Waals surface area contributed by atoms with Crippen molar-refractivity contribution in [2.24, 2.45) is 0 Å². The quantitative estimate of drug-likeness (QED) is 0.512. The number of aldehydes is 1. The number of hydrogen-bond acceptors (Lipinski definition) is 4. The first-order chi connectivity index (χ1) is 8.52. The Hall–Kier alpha value is -2.37. The Balaban J connectivity index is 2.66. The zero-order chi connectivity index (χ0) is 13.3. The summed E-state index contributed by atoms with van der Waals surface area (Å²) < 4.78 is 5.41. The summed E-state index contributed by atoms with van der Waals surface area (Å²) >= 11 is 0. The summed E-state index contributed by atoms with van der Waals surface area (Å²) in [5.74, 6) is 0.171. The minimum absolute atomic E-state index is 0.104. The van der Waals surface area contributed by atoms with E-state index in [4.69, 9.17) is 4.74 Å². The molecule has 0 bridgehead atoms. The molecule has 94 valence electrons. The number of nitrogens with one attached hydrogen (secondary N) is 1. The van der Waals surface area contributed by atoms with E-state index in [1.165, 1.54) is 12.1 Å². The van der Waals surface area contributed by atoms with Crippen LogP contribution in [0.5, 0.6) is 5.75 Å². The van der Waals surface area contributed by atoms with E-state index in [0.29, 0.717) is 22.8 Å². The molecule has 0 unspecified atom stereocenters. The predicted molar refractivity (Wildman–Crippen MR) is 66.1 cm³/mol. The van der Waals surface area contributed by atoms with E-state index in [1.807, 2.05) is 0 Å². The molecule has 2 rings (SSSR count). The van der Waals surface area contributed by atoms with Gasteiger partial charge in [0.25, 0.3) is 0 Å². The molecular formula is C12H12N2O4. The molecule has 1 aromatic heterocycles. The van der Waals surface area contributed by atoms with Gasteiger partial charge in [0.2, 0.25) is 0 Å². The second kappa shape index (κ2) is 4.48. The molecule has 0 aliphatic heterocycles. The van der Waals surface area contributed by atoms with Crippen molar-refractivity contribution in [1.29, 1.82) is 0 Å². The lowest BCUT2D eigenvalue weighted by Gasteiger charge is -2.10. The first kappa shape index (κ1) is 12.1. The molecule has 0 saturated heterocycles. The first-order valence-corrected chi connectivity index (χ1v) is 5.44. The molecule has 0 atom stereocenters. The smallest absolute Gasteiger partial charge is 0.311 e. The molecule has 0 saturated carbocycles. The highest BCUT2D eigenvalue weighted by Crippen LogP contribution is 2.33. The minimum atomic E-state index is -0.495. The van der Waals surface area contributed by atoms with Gasteiger partial charge in [-0.1, -0.05) is 0 Å². The maximum absolute atomic E-state index is 11.0. The zero-order valence-corrected chi connectivity index (χ0v) is 9.97. The highest BCUT2D eigenvalue weighted by Gasteiger charge is 2.19. The molecule has 0 amide bonds. The van der Waals surface area contributed by atoms with Crippen molar-refractivity contribution in [1.82, 2.24) is 4.98 Å². The molecule has 0 spiro atoms. The van der Waals surface area contributed by atoms with Gasteiger partial charge in [-0.15, -0.1) is 0 Å². The number of ether oxygens (including phenoxy) is 1. The molecule has 0 radical (unpaired) electrons. The van der Waals surface area contributed by atoms with Crippen molar-refractivity contribution in [2.75, 3.05) is 0 Å². The average molecular weight is 248 g/mol. The highest BCUT2D eigenvalue weighted by molar-refractivity contribution is 5.99. The van der Waals surface area contributed by atoms with Crippen molar-refractivity contribution in [3.05, 3.63) is 34.1 Å². The fraction of sp³-hybridized carbons (Fsp3) is 0.250. The van der Waals surface area contributed by atoms with Crippen LogP contribution >= 0.6 is 0 Å². The van der Waals surface area contributed by atoms with E-state index in [9.17, 15) is 14.9 Å². The van der Waals surface area contributed by atoms with Gasteiger partial charge in [-0.3, -0.25) is 14.9 Å². The SMILES string of the molecule is CC(C)Oc1cc2c(C=O)[nH]cc2cc1[N+](=O)[O-]. The van der Waals surface area contributed by atoms with Crippen molar-refractivity contribution < 1.29 is 14.5 Å². The summed E-state index contributed by atoms with van der Waals surface area (Å²) in [6, 6.07) is 2.92. The Bertz CT molecular complexity index is 616. The Labute approximate surface area is 103 Å². The van der Waals surface area contributed by atoms with Gasteiger partial charge in [0, 0.05) is 23.0 Å². The molecule has 1 aromatic carbocycles. The van der Waals surface area contributed by atoms with Gasteiger partial charge in [0.15, 0.2) is 12.0 Å². The largest absolute Gasteiger partial charge is 0.484 e. The van der Waals surface area contributed by atoms with Crippen LogP contribution < -0.4 is 4.74 Å². The standard InChI is InChI=1S/C12H12N2O4/c1-7(2)18-12-4-9-8(3-11(12)14(16)17)5-13-10(9)6-15/h3-7,13H,1-2H3. The lowest BCUT2D eigenvalue weighted by molar-refractivity contribution is -0.385. The second-order valence-corrected chi connectivity index (χ2v) is 4.15. The predicted octanol–water partition coefficient (Wildman–Crippen LogP) is 2.68. The van der Waals surface area contributed by atoms with Gasteiger partial charge in [0.1, 0.15) is 0 Å². The van der Waals surface area contributed by atoms with Crippen molar-refractivity contribution in [3.63, 3.8) is 0 Å². The van der Waals surface area contributed by atoms with Crippen LogP contribution in [0.15, 0.2) is 18.3 Å². The summed E-state index contributed by atoms with van der Waals surface area (Å²) in [5.41, 5.74) is 0.279. The van der Waals surface area contributed by atoms with Gasteiger partial charge in [-0.25, -0.2) is 0 Å². The summed E-state index contributed by atoms with van der Waals surface area (Å²) in [5, 5.41) is 12.2. The number of fused-ring (bicyclic) bond motifs is 1. The number of carbonyl (C=O) groups is 1. The van der Waals surface area contributed by atoms with Crippen LogP contribution in [0.25, 0.3) is 10.8 Å². The topological polar surface area (TPSA) is 85.2 Å². The van der Waals surface area contributed by atoms with Crippen LogP contribution in [0.1, 0.15) is 24.3 Å². The summed E-state index contributed by atoms with van der Waals surface area (Å²) in [7, 11) is 0. The lowest BCUT2D eigenvalue weighted by Crippen LogP contribution is -2.07. The van der Waals surface area contributed by atoms with Crippen molar-refractivity contribution in [3.8, 4) is 5.75 Å². The number of aromatic nitrogens is 1. The van der Waals surface area contributed by atoms with Crippen molar-refractivity contribution in [2.45, 2.75) is 20.0 Å². The van der Waals surface area contributed by atoms with E-state index in [-0.39, 0.29) is 17.5 Å². The minimum Gasteiger partial charge on any atom is -0.484 e. The maximum Gasteiger partial charge on any atom is 0.311 e. The van der Waals surface area contributed by atoms with E-state index >= 15 is 0 Å². The molecule has 1 N–H and O–H groups in total. The Kier molecular flexibility index (Phi) is 3.01. The van der Waals surface area contributed by atoms with Gasteiger partial charge in [-0.05, 0) is 19.9 Å². The number of nitro groups is 1. The number of H-pyrrole nitrogens is 1. The third kappa shape index (κ3) is 2.04. The molecule has 1 heterocycles. The van der Waals surface area contributed by atoms with Gasteiger partial charge >= 0.3 is 5.69 Å². The zero-order valence-electron chi connectivity index (χ0n) is 9.97. The lowest BCUT2D eigenvalue weighted by atomic mass is 10.1. The second-order valence-electron chi connectivity index (χ2n) is 4.15. The number of carbonyl (C=O) groups excluding carboxylic acids is 1. The van der Waals surface area contributed by atoms with Gasteiger partial charge in [0.05, 0.1) is 16.7 Å². The molecule has 6 nitrogen and oxygen atoms in total. The van der Waals surface area contributed by atoms with E-state index in [0.717, 1.165) is 0 Å². The molecule has 6 heteroatoms. The fourth-order valence-electron chi connectivity index (χ4n) is 1.76. The Morgan fingerprint density at radius 1 is 1.44 bits per heavy atom. The normalized spacial score (nSPS) is 10.8. The van der Waals surface area contributed by atoms with E-state index in [1.54, 1.807) is 20.0 Å². The van der Waals surface area contributed by atoms with Crippen molar-refractivity contribution >= 4 is 22.7 Å². The Morgan fingerprint density at radius 3 is 2.72 bits per heavy atom. The maximum atomic E-state index is 11.0. The van der Waals surface area contributed by atoms with Crippen LogP contribution in [-0.4, -0.2) is 22.3 Å². The number of benzene rings is 1. The van der Waals surface area contributed by atoms with Gasteiger partial charge < -0.3 is 9.72 Å². The summed E-state index contributed by atoms with van der Waals surface area (Å²) in [6.45, 7) is 3.57. The number of rotatable bonds is 4. The fourth-order valence-corrected chi connectivity index (χ4v) is 1.76. The van der Waals surface area contributed by atoms with Crippen LogP contribution in [0, 0.1) is 10.1 Å².